The minimum atomic E-state index is -0.445. The van der Waals surface area contributed by atoms with Crippen molar-refractivity contribution in [3.8, 4) is 0 Å². The summed E-state index contributed by atoms with van der Waals surface area (Å²) < 4.78 is 11.0. The van der Waals surface area contributed by atoms with E-state index in [2.05, 4.69) is 0 Å². The van der Waals surface area contributed by atoms with Crippen molar-refractivity contribution in [3.05, 3.63) is 40.2 Å². The smallest absolute Gasteiger partial charge is 0.336 e. The number of rotatable bonds is 1. The molecule has 3 aliphatic heterocycles. The second-order valence-corrected chi connectivity index (χ2v) is 6.78. The van der Waals surface area contributed by atoms with Crippen LogP contribution in [0.1, 0.15) is 18.4 Å². The lowest BCUT2D eigenvalue weighted by atomic mass is 9.81. The average Bonchev–Trinajstić information content (AvgIpc) is 3.20. The first-order valence-corrected chi connectivity index (χ1v) is 8.12. The number of amides is 2. The van der Waals surface area contributed by atoms with Crippen molar-refractivity contribution in [1.29, 1.82) is 0 Å². The van der Waals surface area contributed by atoms with Gasteiger partial charge in [0.25, 0.3) is 0 Å². The maximum absolute atomic E-state index is 12.8. The summed E-state index contributed by atoms with van der Waals surface area (Å²) in [5.74, 6) is -1.13. The van der Waals surface area contributed by atoms with Gasteiger partial charge in [-0.15, -0.1) is 0 Å². The van der Waals surface area contributed by atoms with Gasteiger partial charge in [-0.25, -0.2) is 9.69 Å². The molecule has 0 spiro atoms. The van der Waals surface area contributed by atoms with E-state index in [1.54, 1.807) is 18.2 Å². The molecule has 2 bridgehead atoms. The summed E-state index contributed by atoms with van der Waals surface area (Å²) in [7, 11) is 0. The highest BCUT2D eigenvalue weighted by Crippen LogP contribution is 2.49. The molecular formula is C18H15NO5. The average molecular weight is 325 g/mol. The largest absolute Gasteiger partial charge is 0.423 e. The highest BCUT2D eigenvalue weighted by molar-refractivity contribution is 6.23. The number of aryl methyl sites for hydroxylation is 1. The number of hydrogen-bond donors (Lipinski definition) is 0. The number of benzene rings is 1. The van der Waals surface area contributed by atoms with E-state index in [9.17, 15) is 14.4 Å². The van der Waals surface area contributed by atoms with Gasteiger partial charge in [0.1, 0.15) is 5.58 Å². The van der Waals surface area contributed by atoms with Gasteiger partial charge < -0.3 is 9.15 Å². The van der Waals surface area contributed by atoms with Crippen molar-refractivity contribution in [2.75, 3.05) is 4.90 Å². The lowest BCUT2D eigenvalue weighted by Crippen LogP contribution is -2.34. The van der Waals surface area contributed by atoms with Gasteiger partial charge in [-0.3, -0.25) is 9.59 Å². The number of nitrogens with zero attached hydrogens (tertiary/aromatic N) is 1. The minimum Gasteiger partial charge on any atom is -0.423 e. The van der Waals surface area contributed by atoms with Gasteiger partial charge in [-0.2, -0.15) is 0 Å². The van der Waals surface area contributed by atoms with Gasteiger partial charge in [-0.05, 0) is 37.5 Å². The van der Waals surface area contributed by atoms with E-state index in [0.717, 1.165) is 23.8 Å². The van der Waals surface area contributed by atoms with E-state index in [1.807, 2.05) is 6.92 Å². The van der Waals surface area contributed by atoms with Gasteiger partial charge in [0, 0.05) is 17.5 Å². The Morgan fingerprint density at radius 3 is 2.33 bits per heavy atom. The number of fused-ring (bicyclic) bond motifs is 6. The molecule has 0 unspecified atom stereocenters. The summed E-state index contributed by atoms with van der Waals surface area (Å²) in [6.07, 6.45) is 1.40. The fraction of sp³-hybridized carbons (Fsp3) is 0.389. The summed E-state index contributed by atoms with van der Waals surface area (Å²) >= 11 is 0. The Morgan fingerprint density at radius 2 is 1.67 bits per heavy atom. The molecule has 122 valence electrons. The zero-order valence-corrected chi connectivity index (χ0v) is 13.0. The van der Waals surface area contributed by atoms with Crippen LogP contribution in [0.3, 0.4) is 0 Å². The Morgan fingerprint density at radius 1 is 1.00 bits per heavy atom. The Balaban J connectivity index is 1.62. The summed E-state index contributed by atoms with van der Waals surface area (Å²) in [5, 5.41) is 0.793. The van der Waals surface area contributed by atoms with Gasteiger partial charge in [-0.1, -0.05) is 0 Å². The van der Waals surface area contributed by atoms with Crippen LogP contribution in [0.2, 0.25) is 0 Å². The monoisotopic (exact) mass is 325 g/mol. The maximum Gasteiger partial charge on any atom is 0.336 e. The van der Waals surface area contributed by atoms with Crippen LogP contribution in [0.15, 0.2) is 33.5 Å². The lowest BCUT2D eigenvalue weighted by Gasteiger charge is -2.17. The van der Waals surface area contributed by atoms with Crippen LogP contribution in [0.4, 0.5) is 5.69 Å². The molecule has 1 aromatic heterocycles. The third kappa shape index (κ3) is 1.66. The fourth-order valence-electron chi connectivity index (χ4n) is 4.42. The summed E-state index contributed by atoms with van der Waals surface area (Å²) in [6.45, 7) is 1.82. The zero-order chi connectivity index (χ0) is 16.6. The predicted molar refractivity (Wildman–Crippen MR) is 84.6 cm³/mol. The molecule has 2 aromatic rings. The first kappa shape index (κ1) is 13.9. The molecule has 4 heterocycles. The van der Waals surface area contributed by atoms with Gasteiger partial charge in [0.05, 0.1) is 29.7 Å². The van der Waals surface area contributed by atoms with E-state index in [1.165, 1.54) is 11.0 Å². The normalized spacial score (nSPS) is 31.3. The first-order valence-electron chi connectivity index (χ1n) is 8.12. The number of anilines is 1. The number of carbonyl (C=O) groups excluding carboxylic acids is 2. The maximum atomic E-state index is 12.8. The van der Waals surface area contributed by atoms with Crippen molar-refractivity contribution < 1.29 is 18.7 Å². The van der Waals surface area contributed by atoms with Crippen LogP contribution in [-0.4, -0.2) is 24.0 Å². The second-order valence-electron chi connectivity index (χ2n) is 6.78. The van der Waals surface area contributed by atoms with Crippen LogP contribution < -0.4 is 10.5 Å². The van der Waals surface area contributed by atoms with Gasteiger partial charge >= 0.3 is 5.63 Å². The molecule has 3 saturated heterocycles. The Bertz CT molecular complexity index is 934. The molecule has 5 rings (SSSR count). The molecule has 0 N–H and O–H groups in total. The molecule has 24 heavy (non-hydrogen) atoms. The summed E-state index contributed by atoms with van der Waals surface area (Å²) in [5.41, 5.74) is 1.20. The third-order valence-corrected chi connectivity index (χ3v) is 5.48. The highest BCUT2D eigenvalue weighted by atomic mass is 16.5. The number of ether oxygens (including phenoxy) is 1. The molecule has 6 heteroatoms. The quantitative estimate of drug-likeness (QED) is 0.590. The van der Waals surface area contributed by atoms with Crippen LogP contribution in [0, 0.1) is 18.8 Å². The number of imide groups is 1. The van der Waals surface area contributed by atoms with E-state index in [0.29, 0.717) is 11.3 Å². The summed E-state index contributed by atoms with van der Waals surface area (Å²) in [4.78, 5) is 38.4. The molecule has 0 radical (unpaired) electrons. The van der Waals surface area contributed by atoms with Gasteiger partial charge in [0.2, 0.25) is 11.8 Å². The minimum absolute atomic E-state index is 0.137. The second kappa shape index (κ2) is 4.54. The zero-order valence-electron chi connectivity index (χ0n) is 13.0. The summed E-state index contributed by atoms with van der Waals surface area (Å²) in [6, 6.07) is 6.54. The topological polar surface area (TPSA) is 76.8 Å². The molecule has 4 atom stereocenters. The highest BCUT2D eigenvalue weighted by Gasteiger charge is 2.62. The van der Waals surface area contributed by atoms with Crippen molar-refractivity contribution in [3.63, 3.8) is 0 Å². The Kier molecular flexibility index (Phi) is 2.63. The van der Waals surface area contributed by atoms with Crippen molar-refractivity contribution in [1.82, 2.24) is 0 Å². The molecule has 3 aliphatic rings. The van der Waals surface area contributed by atoms with E-state index in [-0.39, 0.29) is 35.9 Å². The van der Waals surface area contributed by atoms with Crippen LogP contribution in [0.25, 0.3) is 11.0 Å². The molecular weight excluding hydrogens is 310 g/mol. The SMILES string of the molecule is Cc1cc(=O)oc2cc(N3C(=O)[C@@H]4[C@H](C3=O)[C@H]3CC[C@@H]4O3)ccc12. The van der Waals surface area contributed by atoms with E-state index < -0.39 is 5.63 Å². The fourth-order valence-corrected chi connectivity index (χ4v) is 4.42. The molecule has 0 saturated carbocycles. The Labute approximate surface area is 137 Å². The van der Waals surface area contributed by atoms with Crippen LogP contribution >= 0.6 is 0 Å². The third-order valence-electron chi connectivity index (χ3n) is 5.48. The van der Waals surface area contributed by atoms with E-state index >= 15 is 0 Å². The molecule has 1 aromatic carbocycles. The standard InChI is InChI=1S/C18H15NO5/c1-8-6-14(20)24-13-7-9(2-3-10(8)13)19-17(21)15-11-4-5-12(23-11)16(15)18(19)22/h2-3,6-7,11-12,15-16H,4-5H2,1H3/t11-,12+,15-,16+. The Hall–Kier alpha value is -2.47. The van der Waals surface area contributed by atoms with Crippen molar-refractivity contribution >= 4 is 28.5 Å². The van der Waals surface area contributed by atoms with Crippen LogP contribution in [-0.2, 0) is 14.3 Å². The predicted octanol–water partition coefficient (Wildman–Crippen LogP) is 1.77. The lowest BCUT2D eigenvalue weighted by molar-refractivity contribution is -0.124. The molecule has 6 nitrogen and oxygen atoms in total. The molecule has 0 aliphatic carbocycles. The molecule has 3 fully saturated rings. The first-order chi connectivity index (χ1) is 11.5. The van der Waals surface area contributed by atoms with Gasteiger partial charge in [0.15, 0.2) is 0 Å². The van der Waals surface area contributed by atoms with Crippen molar-refractivity contribution in [2.24, 2.45) is 11.8 Å². The molecule has 2 amide bonds. The van der Waals surface area contributed by atoms with Crippen molar-refractivity contribution in [2.45, 2.75) is 32.0 Å². The number of hydrogen-bond acceptors (Lipinski definition) is 5. The van der Waals surface area contributed by atoms with E-state index in [4.69, 9.17) is 9.15 Å². The number of carbonyl (C=O) groups is 2. The van der Waals surface area contributed by atoms with Crippen LogP contribution in [0.5, 0.6) is 0 Å².